The molecule has 0 aliphatic heterocycles. The molecule has 1 aliphatic rings. The van der Waals surface area contributed by atoms with Crippen LogP contribution in [0.5, 0.6) is 6.08 Å². The van der Waals surface area contributed by atoms with Crippen molar-refractivity contribution in [3.05, 3.63) is 29.3 Å². The number of benzene rings is 1. The van der Waals surface area contributed by atoms with Crippen LogP contribution in [0.1, 0.15) is 32.1 Å². The fourth-order valence-corrected chi connectivity index (χ4v) is 2.92. The van der Waals surface area contributed by atoms with E-state index in [1.807, 2.05) is 12.1 Å². The lowest BCUT2D eigenvalue weighted by atomic mass is 9.86. The summed E-state index contributed by atoms with van der Waals surface area (Å²) < 4.78 is 10.3. The first-order chi connectivity index (χ1) is 10.7. The van der Waals surface area contributed by atoms with Crippen LogP contribution < -0.4 is 4.74 Å². The van der Waals surface area contributed by atoms with Gasteiger partial charge in [0.2, 0.25) is 5.82 Å². The molecule has 0 radical (unpaired) electrons. The van der Waals surface area contributed by atoms with Crippen molar-refractivity contribution in [1.82, 2.24) is 10.1 Å². The topological polar surface area (TPSA) is 65.2 Å². The van der Waals surface area contributed by atoms with Gasteiger partial charge in [0.15, 0.2) is 12.4 Å². The highest BCUT2D eigenvalue weighted by molar-refractivity contribution is 6.33. The van der Waals surface area contributed by atoms with Crippen molar-refractivity contribution in [2.45, 2.75) is 32.1 Å². The summed E-state index contributed by atoms with van der Waals surface area (Å²) in [5, 5.41) is 4.37. The summed E-state index contributed by atoms with van der Waals surface area (Å²) in [4.78, 5) is 16.2. The molecule has 22 heavy (non-hydrogen) atoms. The summed E-state index contributed by atoms with van der Waals surface area (Å²) in [7, 11) is 0. The van der Waals surface area contributed by atoms with Crippen molar-refractivity contribution in [2.75, 3.05) is 6.61 Å². The van der Waals surface area contributed by atoms with Gasteiger partial charge in [-0.25, -0.2) is 0 Å². The Morgan fingerprint density at radius 2 is 2.05 bits per heavy atom. The van der Waals surface area contributed by atoms with Crippen molar-refractivity contribution in [1.29, 1.82) is 0 Å². The van der Waals surface area contributed by atoms with E-state index in [4.69, 9.17) is 20.9 Å². The van der Waals surface area contributed by atoms with Gasteiger partial charge in [0.1, 0.15) is 0 Å². The number of hydrogen-bond acceptors (Lipinski definition) is 5. The van der Waals surface area contributed by atoms with Gasteiger partial charge in [0.05, 0.1) is 5.02 Å². The number of Topliss-reactive ketones (excluding diaryl/α,β-unsaturated/α-hetero) is 1. The van der Waals surface area contributed by atoms with E-state index in [0.29, 0.717) is 16.4 Å². The average molecular weight is 321 g/mol. The zero-order valence-electron chi connectivity index (χ0n) is 12.1. The molecule has 2 aromatic rings. The second kappa shape index (κ2) is 6.92. The third-order valence-corrected chi connectivity index (χ3v) is 4.25. The Morgan fingerprint density at radius 1 is 1.27 bits per heavy atom. The van der Waals surface area contributed by atoms with E-state index in [0.717, 1.165) is 25.7 Å². The number of ketones is 1. The lowest BCUT2D eigenvalue weighted by molar-refractivity contribution is -0.126. The van der Waals surface area contributed by atoms with Gasteiger partial charge in [-0.05, 0) is 25.0 Å². The van der Waals surface area contributed by atoms with Crippen LogP contribution in [0.15, 0.2) is 28.8 Å². The molecule has 1 aliphatic carbocycles. The standard InChI is InChI=1S/C16H17ClN2O3/c17-13-9-5-4-8-12(13)15-18-16(22-19-15)21-10-14(20)11-6-2-1-3-7-11/h4-5,8-9,11H,1-3,6-7,10H2. The first kappa shape index (κ1) is 15.0. The number of halogens is 1. The Kier molecular flexibility index (Phi) is 4.73. The predicted molar refractivity (Wildman–Crippen MR) is 81.8 cm³/mol. The summed E-state index contributed by atoms with van der Waals surface area (Å²) in [6.45, 7) is -0.0190. The largest absolute Gasteiger partial charge is 0.441 e. The maximum atomic E-state index is 12.1. The van der Waals surface area contributed by atoms with E-state index < -0.39 is 0 Å². The molecular formula is C16H17ClN2O3. The molecule has 0 amide bonds. The molecule has 1 saturated carbocycles. The quantitative estimate of drug-likeness (QED) is 0.835. The van der Waals surface area contributed by atoms with Gasteiger partial charge < -0.3 is 4.74 Å². The number of carbonyl (C=O) groups excluding carboxylic acids is 1. The minimum absolute atomic E-state index is 0.000853. The Hall–Kier alpha value is -1.88. The monoisotopic (exact) mass is 320 g/mol. The lowest BCUT2D eigenvalue weighted by Gasteiger charge is -2.19. The molecule has 6 heteroatoms. The summed E-state index contributed by atoms with van der Waals surface area (Å²) in [5.41, 5.74) is 0.668. The molecule has 116 valence electrons. The van der Waals surface area contributed by atoms with Crippen molar-refractivity contribution >= 4 is 17.4 Å². The fourth-order valence-electron chi connectivity index (χ4n) is 2.70. The highest BCUT2D eigenvalue weighted by atomic mass is 35.5. The van der Waals surface area contributed by atoms with E-state index in [9.17, 15) is 4.79 Å². The van der Waals surface area contributed by atoms with Crippen molar-refractivity contribution in [3.8, 4) is 17.5 Å². The van der Waals surface area contributed by atoms with E-state index in [-0.39, 0.29) is 24.4 Å². The predicted octanol–water partition coefficient (Wildman–Crippen LogP) is 3.92. The summed E-state index contributed by atoms with van der Waals surface area (Å²) in [6, 6.07) is 7.21. The zero-order valence-corrected chi connectivity index (χ0v) is 12.9. The van der Waals surface area contributed by atoms with Crippen molar-refractivity contribution in [3.63, 3.8) is 0 Å². The minimum atomic E-state index is -0.0190. The third-order valence-electron chi connectivity index (χ3n) is 3.92. The van der Waals surface area contributed by atoms with E-state index >= 15 is 0 Å². The van der Waals surface area contributed by atoms with Gasteiger partial charge in [-0.2, -0.15) is 4.98 Å². The average Bonchev–Trinajstić information content (AvgIpc) is 3.02. The Bertz CT molecular complexity index is 650. The second-order valence-electron chi connectivity index (χ2n) is 5.45. The van der Waals surface area contributed by atoms with Crippen molar-refractivity contribution < 1.29 is 14.1 Å². The molecule has 3 rings (SSSR count). The molecule has 0 unspecified atom stereocenters. The van der Waals surface area contributed by atoms with Gasteiger partial charge >= 0.3 is 6.08 Å². The third kappa shape index (κ3) is 3.47. The molecule has 1 aromatic carbocycles. The highest BCUT2D eigenvalue weighted by Gasteiger charge is 2.22. The second-order valence-corrected chi connectivity index (χ2v) is 5.86. The fraction of sp³-hybridized carbons (Fsp3) is 0.438. The highest BCUT2D eigenvalue weighted by Crippen LogP contribution is 2.27. The van der Waals surface area contributed by atoms with Crippen LogP contribution in [0.4, 0.5) is 0 Å². The molecule has 0 bridgehead atoms. The number of carbonyl (C=O) groups is 1. The van der Waals surface area contributed by atoms with E-state index in [1.165, 1.54) is 6.42 Å². The maximum absolute atomic E-state index is 12.1. The summed E-state index contributed by atoms with van der Waals surface area (Å²) in [5.74, 6) is 0.572. The Labute approximate surface area is 133 Å². The molecule has 0 spiro atoms. The van der Waals surface area contributed by atoms with Gasteiger partial charge in [0, 0.05) is 11.5 Å². The lowest BCUT2D eigenvalue weighted by Crippen LogP contribution is -2.23. The molecular weight excluding hydrogens is 304 g/mol. The maximum Gasteiger partial charge on any atom is 0.418 e. The molecule has 0 N–H and O–H groups in total. The van der Waals surface area contributed by atoms with Crippen LogP contribution >= 0.6 is 11.6 Å². The van der Waals surface area contributed by atoms with E-state index in [2.05, 4.69) is 10.1 Å². The first-order valence-electron chi connectivity index (χ1n) is 7.48. The number of hydrogen-bond donors (Lipinski definition) is 0. The van der Waals surface area contributed by atoms with Gasteiger partial charge in [0.25, 0.3) is 0 Å². The first-order valence-corrected chi connectivity index (χ1v) is 7.86. The van der Waals surface area contributed by atoms with Crippen molar-refractivity contribution in [2.24, 2.45) is 5.92 Å². The minimum Gasteiger partial charge on any atom is -0.441 e. The van der Waals surface area contributed by atoms with Crippen LogP contribution in [-0.2, 0) is 4.79 Å². The normalized spacial score (nSPS) is 15.7. The molecule has 1 fully saturated rings. The number of ether oxygens (including phenoxy) is 1. The summed E-state index contributed by atoms with van der Waals surface area (Å²) >= 11 is 6.08. The Morgan fingerprint density at radius 3 is 2.82 bits per heavy atom. The van der Waals surface area contributed by atoms with Gasteiger partial charge in [-0.15, -0.1) is 0 Å². The van der Waals surface area contributed by atoms with Crippen LogP contribution in [0.3, 0.4) is 0 Å². The molecule has 0 atom stereocenters. The molecule has 0 saturated heterocycles. The number of rotatable bonds is 5. The van der Waals surface area contributed by atoms with Crippen LogP contribution in [0, 0.1) is 5.92 Å². The molecule has 1 heterocycles. The van der Waals surface area contributed by atoms with Gasteiger partial charge in [-0.1, -0.05) is 48.2 Å². The number of aromatic nitrogens is 2. The van der Waals surface area contributed by atoms with Gasteiger partial charge in [-0.3, -0.25) is 9.32 Å². The molecule has 5 nitrogen and oxygen atoms in total. The van der Waals surface area contributed by atoms with E-state index in [1.54, 1.807) is 12.1 Å². The SMILES string of the molecule is O=C(COc1nc(-c2ccccc2Cl)no1)C1CCCCC1. The number of nitrogens with zero attached hydrogens (tertiary/aromatic N) is 2. The Balaban J connectivity index is 1.60. The smallest absolute Gasteiger partial charge is 0.418 e. The summed E-state index contributed by atoms with van der Waals surface area (Å²) in [6.07, 6.45) is 5.36. The molecule has 1 aromatic heterocycles. The zero-order chi connectivity index (χ0) is 15.4. The van der Waals surface area contributed by atoms with Crippen LogP contribution in [0.25, 0.3) is 11.4 Å². The van der Waals surface area contributed by atoms with Crippen LogP contribution in [-0.4, -0.2) is 22.5 Å². The van der Waals surface area contributed by atoms with Crippen LogP contribution in [0.2, 0.25) is 5.02 Å².